The third kappa shape index (κ3) is 3.97. The number of benzene rings is 1. The summed E-state index contributed by atoms with van der Waals surface area (Å²) in [6, 6.07) is 11.4. The molecule has 1 aliphatic carbocycles. The van der Waals surface area contributed by atoms with E-state index < -0.39 is 0 Å². The van der Waals surface area contributed by atoms with Crippen molar-refractivity contribution in [2.24, 2.45) is 0 Å². The predicted octanol–water partition coefficient (Wildman–Crippen LogP) is 4.24. The van der Waals surface area contributed by atoms with Crippen LogP contribution in [0.4, 0.5) is 5.82 Å². The highest BCUT2D eigenvalue weighted by Crippen LogP contribution is 2.36. The van der Waals surface area contributed by atoms with Crippen molar-refractivity contribution in [3.05, 3.63) is 42.9 Å². The number of anilines is 1. The Kier molecular flexibility index (Phi) is 5.76. The summed E-state index contributed by atoms with van der Waals surface area (Å²) in [5, 5.41) is 5.90. The molecule has 1 saturated carbocycles. The van der Waals surface area contributed by atoms with Crippen molar-refractivity contribution in [3.63, 3.8) is 0 Å². The fourth-order valence-electron chi connectivity index (χ4n) is 5.49. The highest BCUT2D eigenvalue weighted by atomic mass is 16.5. The smallest absolute Gasteiger partial charge is 0.221 e. The van der Waals surface area contributed by atoms with Crippen molar-refractivity contribution in [2.75, 3.05) is 38.7 Å². The lowest BCUT2D eigenvalue weighted by Crippen LogP contribution is -2.46. The second kappa shape index (κ2) is 9.19. The minimum Gasteiger partial charge on any atom is -0.481 e. The lowest BCUT2D eigenvalue weighted by Gasteiger charge is -2.39. The van der Waals surface area contributed by atoms with Crippen molar-refractivity contribution < 1.29 is 9.47 Å². The molecular formula is C26H30N6O2. The number of fused-ring (bicyclic) bond motifs is 3. The second-order valence-corrected chi connectivity index (χ2v) is 9.19. The third-order valence-corrected chi connectivity index (χ3v) is 7.26. The number of methoxy groups -OCH3 is 1. The molecule has 3 aromatic heterocycles. The fourth-order valence-corrected chi connectivity index (χ4v) is 5.49. The summed E-state index contributed by atoms with van der Waals surface area (Å²) in [7, 11) is 1.65. The Morgan fingerprint density at radius 1 is 1.06 bits per heavy atom. The van der Waals surface area contributed by atoms with Crippen molar-refractivity contribution in [1.82, 2.24) is 24.8 Å². The lowest BCUT2D eigenvalue weighted by molar-refractivity contribution is 0.00791. The van der Waals surface area contributed by atoms with Crippen molar-refractivity contribution in [1.29, 1.82) is 0 Å². The molecule has 6 rings (SSSR count). The molecule has 34 heavy (non-hydrogen) atoms. The molecule has 2 N–H and O–H groups in total. The van der Waals surface area contributed by atoms with Gasteiger partial charge in [-0.25, -0.2) is 15.0 Å². The molecule has 0 bridgehead atoms. The molecule has 0 amide bonds. The monoisotopic (exact) mass is 458 g/mol. The van der Waals surface area contributed by atoms with Gasteiger partial charge in [0.05, 0.1) is 25.7 Å². The molecule has 0 atom stereocenters. The fraction of sp³-hybridized carbons (Fsp3) is 0.423. The number of aromatic amines is 1. The van der Waals surface area contributed by atoms with Crippen LogP contribution < -0.4 is 10.1 Å². The predicted molar refractivity (Wildman–Crippen MR) is 133 cm³/mol. The largest absolute Gasteiger partial charge is 0.481 e. The van der Waals surface area contributed by atoms with Crippen LogP contribution in [0.15, 0.2) is 42.9 Å². The summed E-state index contributed by atoms with van der Waals surface area (Å²) in [5.74, 6) is 1.52. The van der Waals surface area contributed by atoms with E-state index in [1.807, 2.05) is 12.1 Å². The van der Waals surface area contributed by atoms with Crippen LogP contribution in [0.3, 0.4) is 0 Å². The maximum atomic E-state index is 5.53. The molecule has 0 radical (unpaired) electrons. The van der Waals surface area contributed by atoms with Gasteiger partial charge in [0.2, 0.25) is 5.88 Å². The number of nitrogens with one attached hydrogen (secondary N) is 2. The zero-order valence-electron chi connectivity index (χ0n) is 19.5. The summed E-state index contributed by atoms with van der Waals surface area (Å²) in [6.07, 6.45) is 8.11. The molecule has 0 unspecified atom stereocenters. The third-order valence-electron chi connectivity index (χ3n) is 7.26. The van der Waals surface area contributed by atoms with E-state index in [4.69, 9.17) is 9.47 Å². The molecule has 2 aliphatic rings. The van der Waals surface area contributed by atoms with Gasteiger partial charge >= 0.3 is 0 Å². The number of morpholine rings is 1. The van der Waals surface area contributed by atoms with Crippen LogP contribution in [-0.2, 0) is 4.74 Å². The van der Waals surface area contributed by atoms with E-state index in [1.165, 1.54) is 12.8 Å². The minimum absolute atomic E-state index is 0.418. The summed E-state index contributed by atoms with van der Waals surface area (Å²) in [4.78, 5) is 19.6. The Morgan fingerprint density at radius 3 is 2.74 bits per heavy atom. The molecule has 1 aliphatic heterocycles. The summed E-state index contributed by atoms with van der Waals surface area (Å²) in [6.45, 7) is 3.86. The number of nitrogens with zero attached hydrogens (tertiary/aromatic N) is 4. The molecule has 0 spiro atoms. The van der Waals surface area contributed by atoms with Gasteiger partial charge in [-0.05, 0) is 55.5 Å². The molecular weight excluding hydrogens is 428 g/mol. The maximum absolute atomic E-state index is 5.53. The maximum Gasteiger partial charge on any atom is 0.221 e. The molecule has 8 nitrogen and oxygen atoms in total. The Hall–Kier alpha value is -3.23. The molecule has 4 aromatic rings. The Balaban J connectivity index is 1.28. The lowest BCUT2D eigenvalue weighted by atomic mass is 9.90. The average Bonchev–Trinajstić information content (AvgIpc) is 3.28. The number of aromatic nitrogens is 4. The van der Waals surface area contributed by atoms with E-state index in [0.29, 0.717) is 18.0 Å². The molecule has 4 heterocycles. The van der Waals surface area contributed by atoms with E-state index in [1.54, 1.807) is 19.6 Å². The van der Waals surface area contributed by atoms with Crippen LogP contribution in [0.1, 0.15) is 25.7 Å². The van der Waals surface area contributed by atoms with Crippen LogP contribution in [0, 0.1) is 0 Å². The summed E-state index contributed by atoms with van der Waals surface area (Å²) < 4.78 is 11.0. The van der Waals surface area contributed by atoms with Gasteiger partial charge < -0.3 is 19.8 Å². The quantitative estimate of drug-likeness (QED) is 0.462. The van der Waals surface area contributed by atoms with Crippen molar-refractivity contribution >= 4 is 27.8 Å². The first-order chi connectivity index (χ1) is 16.8. The van der Waals surface area contributed by atoms with Gasteiger partial charge in [0.15, 0.2) is 0 Å². The second-order valence-electron chi connectivity index (χ2n) is 9.19. The molecule has 1 aromatic carbocycles. The Labute approximate surface area is 198 Å². The van der Waals surface area contributed by atoms with Crippen LogP contribution >= 0.6 is 0 Å². The molecule has 2 fully saturated rings. The van der Waals surface area contributed by atoms with E-state index in [2.05, 4.69) is 48.4 Å². The van der Waals surface area contributed by atoms with E-state index in [0.717, 1.165) is 78.0 Å². The first-order valence-corrected chi connectivity index (χ1v) is 12.1. The number of pyridine rings is 1. The number of H-pyrrole nitrogens is 1. The number of rotatable bonds is 5. The van der Waals surface area contributed by atoms with Gasteiger partial charge in [-0.2, -0.15) is 0 Å². The van der Waals surface area contributed by atoms with Crippen LogP contribution in [0.2, 0.25) is 0 Å². The Morgan fingerprint density at radius 2 is 1.91 bits per heavy atom. The van der Waals surface area contributed by atoms with Gasteiger partial charge in [0.1, 0.15) is 17.8 Å². The molecule has 176 valence electrons. The van der Waals surface area contributed by atoms with Gasteiger partial charge in [-0.15, -0.1) is 0 Å². The van der Waals surface area contributed by atoms with E-state index in [9.17, 15) is 0 Å². The zero-order chi connectivity index (χ0) is 22.9. The van der Waals surface area contributed by atoms with E-state index in [-0.39, 0.29) is 0 Å². The highest BCUT2D eigenvalue weighted by Gasteiger charge is 2.27. The van der Waals surface area contributed by atoms with Crippen molar-refractivity contribution in [2.45, 2.75) is 37.8 Å². The van der Waals surface area contributed by atoms with Crippen molar-refractivity contribution in [3.8, 4) is 17.0 Å². The van der Waals surface area contributed by atoms with Crippen LogP contribution in [0.5, 0.6) is 5.88 Å². The number of ether oxygens (including phenoxy) is 2. The average molecular weight is 459 g/mol. The van der Waals surface area contributed by atoms with Crippen LogP contribution in [0.25, 0.3) is 33.1 Å². The molecule has 1 saturated heterocycles. The highest BCUT2D eigenvalue weighted by molar-refractivity contribution is 6.12. The number of hydrogen-bond donors (Lipinski definition) is 2. The molecule has 8 heteroatoms. The first kappa shape index (κ1) is 21.3. The normalized spacial score (nSPS) is 21.7. The zero-order valence-corrected chi connectivity index (χ0v) is 19.5. The van der Waals surface area contributed by atoms with Gasteiger partial charge in [0, 0.05) is 47.8 Å². The van der Waals surface area contributed by atoms with Gasteiger partial charge in [0.25, 0.3) is 0 Å². The van der Waals surface area contributed by atoms with Gasteiger partial charge in [-0.3, -0.25) is 4.90 Å². The SMILES string of the molecule is COc1ncccc1-c1ccc2[nH]c3ncnc(NC4CCC(N5CCOCC5)CC4)c3c2c1. The summed E-state index contributed by atoms with van der Waals surface area (Å²) >= 11 is 0. The topological polar surface area (TPSA) is 88.2 Å². The van der Waals surface area contributed by atoms with Gasteiger partial charge in [-0.1, -0.05) is 6.07 Å². The summed E-state index contributed by atoms with van der Waals surface area (Å²) in [5.41, 5.74) is 3.92. The van der Waals surface area contributed by atoms with Crippen LogP contribution in [-0.4, -0.2) is 70.3 Å². The Bertz CT molecular complexity index is 1290. The standard InChI is InChI=1S/C26H30N6O2/c1-33-26-20(3-2-10-27-26)17-4-9-22-21(15-17)23-24(28-16-29-25(23)31-22)30-18-5-7-19(8-6-18)32-11-13-34-14-12-32/h2-4,9-10,15-16,18-19H,5-8,11-14H2,1H3,(H2,28,29,30,31). The minimum atomic E-state index is 0.418. The first-order valence-electron chi connectivity index (χ1n) is 12.1. The van der Waals surface area contributed by atoms with E-state index >= 15 is 0 Å². The number of hydrogen-bond acceptors (Lipinski definition) is 7.